The summed E-state index contributed by atoms with van der Waals surface area (Å²) in [5.41, 5.74) is 1.36. The minimum Gasteiger partial charge on any atom is -0.382 e. The largest absolute Gasteiger partial charge is 0.382 e. The number of fused-ring (bicyclic) bond motifs is 1. The van der Waals surface area contributed by atoms with Crippen LogP contribution in [0.2, 0.25) is 0 Å². The summed E-state index contributed by atoms with van der Waals surface area (Å²) >= 11 is 3.43. The minimum atomic E-state index is -3.28. The van der Waals surface area contributed by atoms with Crippen molar-refractivity contribution in [1.29, 1.82) is 0 Å². The predicted octanol–water partition coefficient (Wildman–Crippen LogP) is 3.37. The van der Waals surface area contributed by atoms with E-state index < -0.39 is 15.1 Å². The van der Waals surface area contributed by atoms with Gasteiger partial charge in [-0.3, -0.25) is 0 Å². The van der Waals surface area contributed by atoms with Crippen molar-refractivity contribution in [3.63, 3.8) is 0 Å². The van der Waals surface area contributed by atoms with Crippen LogP contribution in [0.5, 0.6) is 0 Å². The highest BCUT2D eigenvalue weighted by atomic mass is 79.9. The third-order valence-electron chi connectivity index (χ3n) is 3.31. The number of halogens is 1. The summed E-state index contributed by atoms with van der Waals surface area (Å²) in [6.07, 6.45) is 0. The lowest BCUT2D eigenvalue weighted by molar-refractivity contribution is 0.382. The molecule has 1 unspecified atom stereocenters. The fraction of sp³-hybridized carbons (Fsp3) is 0.538. The van der Waals surface area contributed by atoms with Crippen LogP contribution in [-0.4, -0.2) is 20.2 Å². The maximum Gasteiger partial charge on any atom is 0.185 e. The quantitative estimate of drug-likeness (QED) is 0.792. The van der Waals surface area contributed by atoms with Gasteiger partial charge in [0.1, 0.15) is 0 Å². The Hall–Kier alpha value is -0.550. The summed E-state index contributed by atoms with van der Waals surface area (Å²) in [4.78, 5) is 0.417. The third-order valence-corrected chi connectivity index (χ3v) is 6.49. The highest BCUT2D eigenvalue weighted by molar-refractivity contribution is 9.10. The molecule has 1 atom stereocenters. The van der Waals surface area contributed by atoms with Gasteiger partial charge in [0.25, 0.3) is 0 Å². The predicted molar refractivity (Wildman–Crippen MR) is 77.8 cm³/mol. The van der Waals surface area contributed by atoms with Crippen LogP contribution >= 0.6 is 15.9 Å². The van der Waals surface area contributed by atoms with Crippen LogP contribution in [0.3, 0.4) is 0 Å². The molecular formula is C13H18BrNO2S. The van der Waals surface area contributed by atoms with Crippen molar-refractivity contribution in [1.82, 2.24) is 0 Å². The number of hydrogen-bond acceptors (Lipinski definition) is 3. The summed E-state index contributed by atoms with van der Waals surface area (Å²) in [6, 6.07) is 3.68. The van der Waals surface area contributed by atoms with Crippen molar-refractivity contribution in [2.45, 2.75) is 37.8 Å². The summed E-state index contributed by atoms with van der Waals surface area (Å²) in [7, 11) is -3.28. The zero-order chi connectivity index (χ0) is 13.7. The lowest BCUT2D eigenvalue weighted by Gasteiger charge is -2.35. The molecule has 0 amide bonds. The van der Waals surface area contributed by atoms with Gasteiger partial charge in [0.05, 0.1) is 15.8 Å². The number of nitrogens with one attached hydrogen (secondary N) is 1. The number of hydrogen-bond donors (Lipinski definition) is 1. The van der Waals surface area contributed by atoms with E-state index in [0.717, 1.165) is 10.0 Å². The van der Waals surface area contributed by atoms with Gasteiger partial charge in [0.2, 0.25) is 0 Å². The summed E-state index contributed by atoms with van der Waals surface area (Å²) < 4.78 is 26.2. The molecule has 0 spiro atoms. The molecule has 1 aromatic carbocycles. The SMILES string of the molecule is Cc1cc(Br)c2c(c1)S(=O)(=O)C(C(C)(C)C)CN2. The molecule has 5 heteroatoms. The van der Waals surface area contributed by atoms with E-state index in [4.69, 9.17) is 0 Å². The molecule has 1 aromatic rings. The van der Waals surface area contributed by atoms with Crippen molar-refractivity contribution in [3.05, 3.63) is 22.2 Å². The van der Waals surface area contributed by atoms with E-state index in [9.17, 15) is 8.42 Å². The van der Waals surface area contributed by atoms with Crippen LogP contribution in [0, 0.1) is 12.3 Å². The molecule has 0 saturated heterocycles. The smallest absolute Gasteiger partial charge is 0.185 e. The van der Waals surface area contributed by atoms with E-state index in [0.29, 0.717) is 17.1 Å². The van der Waals surface area contributed by atoms with Crippen LogP contribution in [0.1, 0.15) is 26.3 Å². The van der Waals surface area contributed by atoms with Gasteiger partial charge < -0.3 is 5.32 Å². The molecule has 0 radical (unpaired) electrons. The fourth-order valence-electron chi connectivity index (χ4n) is 2.34. The van der Waals surface area contributed by atoms with E-state index >= 15 is 0 Å². The standard InChI is InChI=1S/C13H18BrNO2S/c1-8-5-9(14)12-10(6-8)18(16,17)11(7-15-12)13(2,3)4/h5-6,11,15H,7H2,1-4H3. The third kappa shape index (κ3) is 2.18. The van der Waals surface area contributed by atoms with Gasteiger partial charge in [-0.25, -0.2) is 8.42 Å². The van der Waals surface area contributed by atoms with Gasteiger partial charge in [-0.15, -0.1) is 0 Å². The van der Waals surface area contributed by atoms with E-state index in [2.05, 4.69) is 21.2 Å². The fourth-order valence-corrected chi connectivity index (χ4v) is 5.54. The highest BCUT2D eigenvalue weighted by Gasteiger charge is 2.41. The average molecular weight is 332 g/mol. The van der Waals surface area contributed by atoms with Gasteiger partial charge in [-0.1, -0.05) is 20.8 Å². The molecule has 2 rings (SSSR count). The summed E-state index contributed by atoms with van der Waals surface area (Å²) in [6.45, 7) is 8.26. The monoisotopic (exact) mass is 331 g/mol. The molecular weight excluding hydrogens is 314 g/mol. The van der Waals surface area contributed by atoms with Crippen molar-refractivity contribution in [3.8, 4) is 0 Å². The van der Waals surface area contributed by atoms with Gasteiger partial charge in [-0.2, -0.15) is 0 Å². The molecule has 1 aliphatic rings. The van der Waals surface area contributed by atoms with E-state index in [1.165, 1.54) is 0 Å². The van der Waals surface area contributed by atoms with Crippen molar-refractivity contribution < 1.29 is 8.42 Å². The molecule has 0 aliphatic carbocycles. The first-order valence-electron chi connectivity index (χ1n) is 5.92. The summed E-state index contributed by atoms with van der Waals surface area (Å²) in [5.74, 6) is 0. The molecule has 3 nitrogen and oxygen atoms in total. The van der Waals surface area contributed by atoms with E-state index in [1.54, 1.807) is 6.07 Å². The van der Waals surface area contributed by atoms with Gasteiger partial charge >= 0.3 is 0 Å². The molecule has 0 aromatic heterocycles. The lowest BCUT2D eigenvalue weighted by Crippen LogP contribution is -2.43. The first-order valence-corrected chi connectivity index (χ1v) is 8.26. The molecule has 1 aliphatic heterocycles. The minimum absolute atomic E-state index is 0.278. The molecule has 1 N–H and O–H groups in total. The lowest BCUT2D eigenvalue weighted by atomic mass is 9.91. The van der Waals surface area contributed by atoms with Crippen molar-refractivity contribution in [2.24, 2.45) is 5.41 Å². The Bertz CT molecular complexity index is 588. The molecule has 1 heterocycles. The Labute approximate surface area is 117 Å². The highest BCUT2D eigenvalue weighted by Crippen LogP contribution is 2.41. The zero-order valence-electron chi connectivity index (χ0n) is 11.0. The van der Waals surface area contributed by atoms with E-state index in [1.807, 2.05) is 33.8 Å². The van der Waals surface area contributed by atoms with Crippen LogP contribution in [0.25, 0.3) is 0 Å². The van der Waals surface area contributed by atoms with Crippen LogP contribution in [0.4, 0.5) is 5.69 Å². The molecule has 18 heavy (non-hydrogen) atoms. The Morgan fingerprint density at radius 1 is 1.33 bits per heavy atom. The number of aryl methyl sites for hydroxylation is 1. The van der Waals surface area contributed by atoms with E-state index in [-0.39, 0.29) is 5.41 Å². The van der Waals surface area contributed by atoms with Gasteiger partial charge in [0, 0.05) is 11.0 Å². The average Bonchev–Trinajstić information content (AvgIpc) is 2.17. The molecule has 0 saturated carbocycles. The second kappa shape index (κ2) is 4.23. The Morgan fingerprint density at radius 2 is 1.94 bits per heavy atom. The van der Waals surface area contributed by atoms with Crippen LogP contribution < -0.4 is 5.32 Å². The number of sulfone groups is 1. The second-order valence-corrected chi connectivity index (χ2v) is 8.85. The maximum absolute atomic E-state index is 12.7. The topological polar surface area (TPSA) is 46.2 Å². The van der Waals surface area contributed by atoms with Gasteiger partial charge in [-0.05, 0) is 46.0 Å². The number of anilines is 1. The van der Waals surface area contributed by atoms with Crippen LogP contribution in [-0.2, 0) is 9.84 Å². The normalized spacial score (nSPS) is 22.2. The van der Waals surface area contributed by atoms with Crippen LogP contribution in [0.15, 0.2) is 21.5 Å². The molecule has 100 valence electrons. The number of rotatable bonds is 0. The summed E-state index contributed by atoms with van der Waals surface area (Å²) in [5, 5.41) is 2.85. The maximum atomic E-state index is 12.7. The first-order chi connectivity index (χ1) is 8.14. The molecule has 0 fully saturated rings. The zero-order valence-corrected chi connectivity index (χ0v) is 13.4. The Kier molecular flexibility index (Phi) is 3.26. The second-order valence-electron chi connectivity index (χ2n) is 5.90. The first kappa shape index (κ1) is 13.9. The number of benzene rings is 1. The Balaban J connectivity index is 2.66. The van der Waals surface area contributed by atoms with Gasteiger partial charge in [0.15, 0.2) is 9.84 Å². The Morgan fingerprint density at radius 3 is 2.50 bits per heavy atom. The van der Waals surface area contributed by atoms with Crippen molar-refractivity contribution in [2.75, 3.05) is 11.9 Å². The molecule has 0 bridgehead atoms. The van der Waals surface area contributed by atoms with Crippen molar-refractivity contribution >= 4 is 31.5 Å².